The first-order chi connectivity index (χ1) is 10.5. The molecule has 116 valence electrons. The summed E-state index contributed by atoms with van der Waals surface area (Å²) < 4.78 is 6.81. The van der Waals surface area contributed by atoms with Crippen molar-refractivity contribution in [2.75, 3.05) is 6.61 Å². The number of nitro benzene ring substituents is 1. The highest BCUT2D eigenvalue weighted by Crippen LogP contribution is 2.33. The van der Waals surface area contributed by atoms with E-state index in [2.05, 4.69) is 4.98 Å². The summed E-state index contributed by atoms with van der Waals surface area (Å²) in [5, 5.41) is 11.2. The fourth-order valence-corrected chi connectivity index (χ4v) is 2.28. The number of rotatable bonds is 5. The molecule has 1 aromatic heterocycles. The van der Waals surface area contributed by atoms with Crippen molar-refractivity contribution in [2.24, 2.45) is 0 Å². The van der Waals surface area contributed by atoms with Crippen LogP contribution in [0.15, 0.2) is 29.1 Å². The molecule has 2 rings (SSSR count). The lowest BCUT2D eigenvalue weighted by atomic mass is 10.2. The minimum atomic E-state index is -0.521. The maximum absolute atomic E-state index is 12.4. The second kappa shape index (κ2) is 6.38. The summed E-state index contributed by atoms with van der Waals surface area (Å²) in [4.78, 5) is 27.4. The lowest BCUT2D eigenvalue weighted by Crippen LogP contribution is -2.24. The van der Waals surface area contributed by atoms with Crippen molar-refractivity contribution < 1.29 is 9.66 Å². The van der Waals surface area contributed by atoms with E-state index in [-0.39, 0.29) is 23.6 Å². The predicted octanol–water partition coefficient (Wildman–Crippen LogP) is 2.41. The van der Waals surface area contributed by atoms with Crippen molar-refractivity contribution in [3.63, 3.8) is 0 Å². The number of nitrogens with zero attached hydrogens (tertiary/aromatic N) is 3. The van der Waals surface area contributed by atoms with E-state index in [0.29, 0.717) is 23.6 Å². The van der Waals surface area contributed by atoms with Crippen LogP contribution in [-0.2, 0) is 6.42 Å². The van der Waals surface area contributed by atoms with Gasteiger partial charge in [0.1, 0.15) is 5.82 Å². The van der Waals surface area contributed by atoms with Crippen molar-refractivity contribution in [2.45, 2.75) is 27.2 Å². The summed E-state index contributed by atoms with van der Waals surface area (Å²) in [6, 6.07) is 5.90. The van der Waals surface area contributed by atoms with Gasteiger partial charge in [0, 0.05) is 24.2 Å². The van der Waals surface area contributed by atoms with Crippen LogP contribution in [0.2, 0.25) is 0 Å². The Balaban J connectivity index is 2.81. The monoisotopic (exact) mass is 303 g/mol. The van der Waals surface area contributed by atoms with Gasteiger partial charge in [0.15, 0.2) is 0 Å². The smallest absolute Gasteiger partial charge is 0.313 e. The molecule has 7 nitrogen and oxygen atoms in total. The van der Waals surface area contributed by atoms with Crippen LogP contribution in [0.5, 0.6) is 5.75 Å². The summed E-state index contributed by atoms with van der Waals surface area (Å²) >= 11 is 0. The summed E-state index contributed by atoms with van der Waals surface area (Å²) in [6.45, 7) is 5.60. The molecule has 0 aliphatic heterocycles. The Morgan fingerprint density at radius 3 is 2.68 bits per heavy atom. The maximum atomic E-state index is 12.4. The molecule has 22 heavy (non-hydrogen) atoms. The Morgan fingerprint density at radius 1 is 1.36 bits per heavy atom. The molecule has 7 heteroatoms. The second-order valence-electron chi connectivity index (χ2n) is 4.66. The third-order valence-electron chi connectivity index (χ3n) is 3.13. The van der Waals surface area contributed by atoms with Gasteiger partial charge in [-0.2, -0.15) is 0 Å². The third-order valence-corrected chi connectivity index (χ3v) is 3.13. The molecule has 0 aliphatic rings. The van der Waals surface area contributed by atoms with E-state index in [1.165, 1.54) is 22.8 Å². The minimum absolute atomic E-state index is 0.0810. The Labute approximate surface area is 127 Å². The predicted molar refractivity (Wildman–Crippen MR) is 81.8 cm³/mol. The normalized spacial score (nSPS) is 10.5. The van der Waals surface area contributed by atoms with Crippen molar-refractivity contribution in [3.05, 3.63) is 56.3 Å². The first-order valence-electron chi connectivity index (χ1n) is 6.99. The molecular formula is C15H17N3O4. The van der Waals surface area contributed by atoms with Crippen LogP contribution >= 0.6 is 0 Å². The fraction of sp³-hybridized carbons (Fsp3) is 0.333. The molecule has 2 aromatic rings. The SMILES string of the molecule is CCOc1c(-n2c(CC)nc(C)cc2=O)cccc1[N+](=O)[O-]. The number of hydrogen-bond donors (Lipinski definition) is 0. The molecule has 0 radical (unpaired) electrons. The van der Waals surface area contributed by atoms with Crippen LogP contribution in [0.1, 0.15) is 25.4 Å². The number of nitro groups is 1. The molecule has 0 saturated heterocycles. The Morgan fingerprint density at radius 2 is 2.09 bits per heavy atom. The Kier molecular flexibility index (Phi) is 4.55. The van der Waals surface area contributed by atoms with Gasteiger partial charge in [0.2, 0.25) is 5.75 Å². The molecule has 1 aromatic carbocycles. The average Bonchev–Trinajstić information content (AvgIpc) is 2.47. The van der Waals surface area contributed by atoms with Gasteiger partial charge in [-0.1, -0.05) is 13.0 Å². The van der Waals surface area contributed by atoms with E-state index in [9.17, 15) is 14.9 Å². The van der Waals surface area contributed by atoms with Gasteiger partial charge in [-0.3, -0.25) is 19.5 Å². The third kappa shape index (κ3) is 2.83. The number of aromatic nitrogens is 2. The largest absolute Gasteiger partial charge is 0.486 e. The van der Waals surface area contributed by atoms with Crippen LogP contribution in [0, 0.1) is 17.0 Å². The molecule has 0 spiro atoms. The first kappa shape index (κ1) is 15.7. The highest BCUT2D eigenvalue weighted by molar-refractivity contribution is 5.60. The van der Waals surface area contributed by atoms with Gasteiger partial charge in [-0.15, -0.1) is 0 Å². The topological polar surface area (TPSA) is 87.3 Å². The van der Waals surface area contributed by atoms with Crippen molar-refractivity contribution in [1.82, 2.24) is 9.55 Å². The molecule has 0 N–H and O–H groups in total. The van der Waals surface area contributed by atoms with Gasteiger partial charge >= 0.3 is 5.69 Å². The number of benzene rings is 1. The minimum Gasteiger partial charge on any atom is -0.486 e. The first-order valence-corrected chi connectivity index (χ1v) is 6.99. The zero-order valence-corrected chi connectivity index (χ0v) is 12.7. The summed E-state index contributed by atoms with van der Waals surface area (Å²) in [5.41, 5.74) is 0.492. The van der Waals surface area contributed by atoms with Gasteiger partial charge in [0.25, 0.3) is 5.56 Å². The van der Waals surface area contributed by atoms with Crippen LogP contribution < -0.4 is 10.3 Å². The number of ether oxygens (including phenoxy) is 1. The lowest BCUT2D eigenvalue weighted by Gasteiger charge is -2.15. The molecule has 0 bridgehead atoms. The molecule has 0 unspecified atom stereocenters. The van der Waals surface area contributed by atoms with E-state index < -0.39 is 4.92 Å². The zero-order chi connectivity index (χ0) is 16.3. The average molecular weight is 303 g/mol. The van der Waals surface area contributed by atoms with Gasteiger partial charge in [0.05, 0.1) is 17.2 Å². The van der Waals surface area contributed by atoms with Crippen LogP contribution in [0.4, 0.5) is 5.69 Å². The van der Waals surface area contributed by atoms with Crippen LogP contribution in [0.3, 0.4) is 0 Å². The van der Waals surface area contributed by atoms with Crippen molar-refractivity contribution in [1.29, 1.82) is 0 Å². The summed E-state index contributed by atoms with van der Waals surface area (Å²) in [7, 11) is 0. The Hall–Kier alpha value is -2.70. The van der Waals surface area contributed by atoms with Gasteiger partial charge < -0.3 is 4.74 Å². The highest BCUT2D eigenvalue weighted by atomic mass is 16.6. The van der Waals surface area contributed by atoms with Crippen LogP contribution in [0.25, 0.3) is 5.69 Å². The molecule has 0 atom stereocenters. The summed E-state index contributed by atoms with van der Waals surface area (Å²) in [5.74, 6) is 0.615. The van der Waals surface area contributed by atoms with Gasteiger partial charge in [-0.25, -0.2) is 4.98 Å². The van der Waals surface area contributed by atoms with E-state index in [1.54, 1.807) is 19.9 Å². The molecule has 0 saturated carbocycles. The maximum Gasteiger partial charge on any atom is 0.313 e. The van der Waals surface area contributed by atoms with E-state index in [1.807, 2.05) is 6.92 Å². The molecule has 0 amide bonds. The Bertz CT molecular complexity index is 768. The number of hydrogen-bond acceptors (Lipinski definition) is 5. The van der Waals surface area contributed by atoms with E-state index in [0.717, 1.165) is 0 Å². The van der Waals surface area contributed by atoms with Crippen LogP contribution in [-0.4, -0.2) is 21.1 Å². The summed E-state index contributed by atoms with van der Waals surface area (Å²) in [6.07, 6.45) is 0.519. The fourth-order valence-electron chi connectivity index (χ4n) is 2.28. The van der Waals surface area contributed by atoms with Crippen molar-refractivity contribution >= 4 is 5.69 Å². The molecule has 0 aliphatic carbocycles. The molecule has 1 heterocycles. The molecule has 0 fully saturated rings. The highest BCUT2D eigenvalue weighted by Gasteiger charge is 2.22. The van der Waals surface area contributed by atoms with Gasteiger partial charge in [-0.05, 0) is 19.9 Å². The second-order valence-corrected chi connectivity index (χ2v) is 4.66. The quantitative estimate of drug-likeness (QED) is 0.625. The lowest BCUT2D eigenvalue weighted by molar-refractivity contribution is -0.385. The number of para-hydroxylation sites is 1. The van der Waals surface area contributed by atoms with E-state index in [4.69, 9.17) is 4.74 Å². The zero-order valence-electron chi connectivity index (χ0n) is 12.7. The van der Waals surface area contributed by atoms with E-state index >= 15 is 0 Å². The standard InChI is InChI=1S/C15H17N3O4/c1-4-13-16-10(3)9-14(19)17(13)11-7-6-8-12(18(20)21)15(11)22-5-2/h6-9H,4-5H2,1-3H3. The number of aryl methyl sites for hydroxylation is 2. The van der Waals surface area contributed by atoms with Crippen molar-refractivity contribution in [3.8, 4) is 11.4 Å². The molecular weight excluding hydrogens is 286 g/mol.